The van der Waals surface area contributed by atoms with Gasteiger partial charge in [-0.05, 0) is 37.1 Å². The van der Waals surface area contributed by atoms with Gasteiger partial charge in [-0.25, -0.2) is 0 Å². The van der Waals surface area contributed by atoms with Crippen molar-refractivity contribution in [2.45, 2.75) is 46.1 Å². The minimum absolute atomic E-state index is 0.0201. The Morgan fingerprint density at radius 1 is 1.12 bits per heavy atom. The van der Waals surface area contributed by atoms with Crippen LogP contribution in [0.1, 0.15) is 50.4 Å². The van der Waals surface area contributed by atoms with Crippen molar-refractivity contribution in [3.8, 4) is 5.75 Å². The van der Waals surface area contributed by atoms with E-state index < -0.39 is 11.9 Å². The molecule has 0 bridgehead atoms. The van der Waals surface area contributed by atoms with Gasteiger partial charge in [0.05, 0.1) is 6.61 Å². The van der Waals surface area contributed by atoms with E-state index >= 15 is 0 Å². The summed E-state index contributed by atoms with van der Waals surface area (Å²) in [5, 5.41) is 2.61. The topological polar surface area (TPSA) is 98.5 Å². The highest BCUT2D eigenvalue weighted by Crippen LogP contribution is 2.14. The molecule has 0 saturated heterocycles. The third-order valence-electron chi connectivity index (χ3n) is 3.90. The predicted molar refractivity (Wildman–Crippen MR) is 91.8 cm³/mol. The van der Waals surface area contributed by atoms with Crippen molar-refractivity contribution in [3.05, 3.63) is 29.8 Å². The van der Waals surface area contributed by atoms with E-state index in [9.17, 15) is 14.4 Å². The summed E-state index contributed by atoms with van der Waals surface area (Å²) in [6, 6.07) is 6.10. The van der Waals surface area contributed by atoms with Gasteiger partial charge < -0.3 is 15.8 Å². The molecular weight excluding hydrogens is 308 g/mol. The lowest BCUT2D eigenvalue weighted by molar-refractivity contribution is -0.128. The highest BCUT2D eigenvalue weighted by Gasteiger charge is 2.23. The summed E-state index contributed by atoms with van der Waals surface area (Å²) in [6.45, 7) is 6.21. The Morgan fingerprint density at radius 3 is 2.25 bits per heavy atom. The first-order valence-electron chi connectivity index (χ1n) is 8.23. The fourth-order valence-electron chi connectivity index (χ4n) is 2.25. The highest BCUT2D eigenvalue weighted by atomic mass is 16.5. The molecular formula is C18H26N2O4. The van der Waals surface area contributed by atoms with Gasteiger partial charge in [-0.15, -0.1) is 0 Å². The van der Waals surface area contributed by atoms with Crippen LogP contribution >= 0.6 is 0 Å². The molecule has 1 rings (SSSR count). The zero-order valence-corrected chi connectivity index (χ0v) is 14.5. The Morgan fingerprint density at radius 2 is 1.75 bits per heavy atom. The van der Waals surface area contributed by atoms with E-state index in [0.717, 1.165) is 6.42 Å². The minimum atomic E-state index is -0.705. The number of amides is 2. The van der Waals surface area contributed by atoms with E-state index in [4.69, 9.17) is 10.5 Å². The van der Waals surface area contributed by atoms with Crippen LogP contribution in [0.2, 0.25) is 0 Å². The molecule has 0 aromatic heterocycles. The number of rotatable bonds is 10. The average molecular weight is 334 g/mol. The van der Waals surface area contributed by atoms with Gasteiger partial charge in [0.15, 0.2) is 5.78 Å². The number of carbonyl (C=O) groups is 3. The molecule has 2 atom stereocenters. The quantitative estimate of drug-likeness (QED) is 0.640. The molecule has 0 aliphatic rings. The number of Topliss-reactive ketones (excluding diaryl/α,β-unsaturated/α-hetero) is 1. The second-order valence-electron chi connectivity index (χ2n) is 5.71. The predicted octanol–water partition coefficient (Wildman–Crippen LogP) is 2.06. The first-order valence-corrected chi connectivity index (χ1v) is 8.23. The van der Waals surface area contributed by atoms with Crippen LogP contribution in [0.15, 0.2) is 24.3 Å². The van der Waals surface area contributed by atoms with Gasteiger partial charge in [0.25, 0.3) is 0 Å². The molecule has 0 saturated carbocycles. The van der Waals surface area contributed by atoms with E-state index in [-0.39, 0.29) is 30.4 Å². The van der Waals surface area contributed by atoms with Crippen LogP contribution in [-0.4, -0.2) is 30.2 Å². The second-order valence-corrected chi connectivity index (χ2v) is 5.71. The number of hydrogen-bond acceptors (Lipinski definition) is 4. The fraction of sp³-hybridized carbons (Fsp3) is 0.500. The van der Waals surface area contributed by atoms with Gasteiger partial charge in [0.2, 0.25) is 11.8 Å². The van der Waals surface area contributed by atoms with Crippen molar-refractivity contribution >= 4 is 17.6 Å². The monoisotopic (exact) mass is 334 g/mol. The maximum atomic E-state index is 12.1. The van der Waals surface area contributed by atoms with Crippen LogP contribution < -0.4 is 15.8 Å². The Hall–Kier alpha value is -2.37. The zero-order chi connectivity index (χ0) is 18.1. The van der Waals surface area contributed by atoms with Gasteiger partial charge in [0, 0.05) is 18.4 Å². The third kappa shape index (κ3) is 6.02. The lowest BCUT2D eigenvalue weighted by Gasteiger charge is -2.21. The van der Waals surface area contributed by atoms with Crippen molar-refractivity contribution in [3.63, 3.8) is 0 Å². The summed E-state index contributed by atoms with van der Waals surface area (Å²) in [5.41, 5.74) is 5.84. The normalized spacial score (nSPS) is 13.0. The Labute approximate surface area is 142 Å². The highest BCUT2D eigenvalue weighted by molar-refractivity contribution is 5.98. The molecule has 0 radical (unpaired) electrons. The lowest BCUT2D eigenvalue weighted by atomic mass is 9.98. The number of ether oxygens (including phenoxy) is 1. The lowest BCUT2D eigenvalue weighted by Crippen LogP contribution is -2.48. The first kappa shape index (κ1) is 19.7. The van der Waals surface area contributed by atoms with Gasteiger partial charge in [-0.1, -0.05) is 20.3 Å². The first-order chi connectivity index (χ1) is 11.4. The number of nitrogens with one attached hydrogen (secondary N) is 1. The SMILES string of the molecule is CCOc1ccc(C(=O)CCC(=O)NC(C(N)=O)C(C)CC)cc1. The van der Waals surface area contributed by atoms with Crippen LogP contribution in [0, 0.1) is 5.92 Å². The van der Waals surface area contributed by atoms with Gasteiger partial charge in [0.1, 0.15) is 11.8 Å². The number of nitrogens with two attached hydrogens (primary N) is 1. The maximum absolute atomic E-state index is 12.1. The molecule has 0 aliphatic carbocycles. The molecule has 132 valence electrons. The van der Waals surface area contributed by atoms with Gasteiger partial charge in [-0.3, -0.25) is 14.4 Å². The van der Waals surface area contributed by atoms with Crippen LogP contribution in [0.3, 0.4) is 0 Å². The largest absolute Gasteiger partial charge is 0.494 e. The molecule has 2 amide bonds. The van der Waals surface area contributed by atoms with Gasteiger partial charge >= 0.3 is 0 Å². The maximum Gasteiger partial charge on any atom is 0.240 e. The number of carbonyl (C=O) groups excluding carboxylic acids is 3. The van der Waals surface area contributed by atoms with Crippen LogP contribution in [0.5, 0.6) is 5.75 Å². The minimum Gasteiger partial charge on any atom is -0.494 e. The molecule has 0 heterocycles. The van der Waals surface area contributed by atoms with Crippen molar-refractivity contribution in [1.29, 1.82) is 0 Å². The molecule has 0 aliphatic heterocycles. The summed E-state index contributed by atoms with van der Waals surface area (Å²) in [7, 11) is 0. The van der Waals surface area contributed by atoms with Crippen LogP contribution in [0.4, 0.5) is 0 Å². The van der Waals surface area contributed by atoms with Crippen molar-refractivity contribution in [1.82, 2.24) is 5.32 Å². The molecule has 2 unspecified atom stereocenters. The average Bonchev–Trinajstić information content (AvgIpc) is 2.57. The zero-order valence-electron chi connectivity index (χ0n) is 14.5. The van der Waals surface area contributed by atoms with E-state index in [2.05, 4.69) is 5.32 Å². The second kappa shape index (κ2) is 9.70. The summed E-state index contributed by atoms with van der Waals surface area (Å²) >= 11 is 0. The Balaban J connectivity index is 2.53. The van der Waals surface area contributed by atoms with E-state index in [1.54, 1.807) is 24.3 Å². The van der Waals surface area contributed by atoms with Crippen molar-refractivity contribution in [2.75, 3.05) is 6.61 Å². The molecule has 3 N–H and O–H groups in total. The molecule has 6 nitrogen and oxygen atoms in total. The van der Waals surface area contributed by atoms with Crippen LogP contribution in [-0.2, 0) is 9.59 Å². The molecule has 24 heavy (non-hydrogen) atoms. The Bertz CT molecular complexity index is 569. The van der Waals surface area contributed by atoms with Crippen LogP contribution in [0.25, 0.3) is 0 Å². The summed E-state index contributed by atoms with van der Waals surface area (Å²) in [5.74, 6) is -0.390. The van der Waals surface area contributed by atoms with Crippen molar-refractivity contribution < 1.29 is 19.1 Å². The molecule has 0 fully saturated rings. The van der Waals surface area contributed by atoms with Gasteiger partial charge in [-0.2, -0.15) is 0 Å². The van der Waals surface area contributed by atoms with Crippen molar-refractivity contribution in [2.24, 2.45) is 11.7 Å². The number of hydrogen-bond donors (Lipinski definition) is 2. The fourth-order valence-corrected chi connectivity index (χ4v) is 2.25. The van der Waals surface area contributed by atoms with E-state index in [0.29, 0.717) is 17.9 Å². The summed E-state index contributed by atoms with van der Waals surface area (Å²) in [6.07, 6.45) is 0.817. The van der Waals surface area contributed by atoms with E-state index in [1.165, 1.54) is 0 Å². The molecule has 1 aromatic rings. The van der Waals surface area contributed by atoms with E-state index in [1.807, 2.05) is 20.8 Å². The molecule has 1 aromatic carbocycles. The Kier molecular flexibility index (Phi) is 7.95. The smallest absolute Gasteiger partial charge is 0.240 e. The molecule has 6 heteroatoms. The summed E-state index contributed by atoms with van der Waals surface area (Å²) < 4.78 is 5.32. The number of ketones is 1. The summed E-state index contributed by atoms with van der Waals surface area (Å²) in [4.78, 5) is 35.5. The standard InChI is InChI=1S/C18H26N2O4/c1-4-12(3)17(18(19)23)20-16(22)11-10-15(21)13-6-8-14(9-7-13)24-5-2/h6-9,12,17H,4-5,10-11H2,1-3H3,(H2,19,23)(H,20,22). The molecule has 0 spiro atoms. The third-order valence-corrected chi connectivity index (χ3v) is 3.90. The number of benzene rings is 1. The number of primary amides is 1.